The molecule has 6 nitrogen and oxygen atoms in total. The number of hydrogen-bond acceptors (Lipinski definition) is 5. The molecule has 0 aliphatic carbocycles. The van der Waals surface area contributed by atoms with Crippen LogP contribution in [0.1, 0.15) is 12.2 Å². The number of aromatic nitrogens is 2. The number of ether oxygens (including phenoxy) is 3. The molecule has 4 rings (SSSR count). The SMILES string of the molecule is CN(C)CCCOCc1nc2c(n1COCC[Si](C)(C)C)-c1ccccc1Oc1ccc(Cl)cc1-2. The van der Waals surface area contributed by atoms with Crippen LogP contribution in [0.4, 0.5) is 0 Å². The molecule has 0 atom stereocenters. The van der Waals surface area contributed by atoms with Crippen molar-refractivity contribution in [2.24, 2.45) is 0 Å². The Morgan fingerprint density at radius 1 is 1.00 bits per heavy atom. The number of rotatable bonds is 11. The molecule has 1 aliphatic heterocycles. The minimum atomic E-state index is -1.19. The van der Waals surface area contributed by atoms with Crippen LogP contribution in [0.3, 0.4) is 0 Å². The summed E-state index contributed by atoms with van der Waals surface area (Å²) in [7, 11) is 2.95. The highest BCUT2D eigenvalue weighted by Crippen LogP contribution is 2.47. The standard InChI is InChI=1S/C27H36ClN3O3Si/c1-30(2)13-8-14-32-18-25-29-26-22-17-20(28)11-12-24(22)34-23-10-7-6-9-21(23)27(26)31(25)19-33-15-16-35(3,4)5/h6-7,9-12,17H,8,13-16,18-19H2,1-5H3. The van der Waals surface area contributed by atoms with Gasteiger partial charge in [0, 0.05) is 37.4 Å². The van der Waals surface area contributed by atoms with Crippen LogP contribution in [0.5, 0.6) is 11.5 Å². The van der Waals surface area contributed by atoms with Gasteiger partial charge in [-0.1, -0.05) is 43.4 Å². The normalized spacial score (nSPS) is 12.7. The number of nitrogens with zero attached hydrogens (tertiary/aromatic N) is 3. The molecule has 0 bridgehead atoms. The molecule has 8 heteroatoms. The molecule has 2 aromatic carbocycles. The molecule has 0 fully saturated rings. The van der Waals surface area contributed by atoms with Crippen molar-refractivity contribution in [1.82, 2.24) is 14.5 Å². The first-order chi connectivity index (χ1) is 16.7. The van der Waals surface area contributed by atoms with Gasteiger partial charge in [-0.05, 0) is 63.4 Å². The topological polar surface area (TPSA) is 48.8 Å². The maximum atomic E-state index is 6.40. The first kappa shape index (κ1) is 25.9. The van der Waals surface area contributed by atoms with Gasteiger partial charge in [-0.25, -0.2) is 4.98 Å². The van der Waals surface area contributed by atoms with E-state index in [1.807, 2.05) is 36.4 Å². The Morgan fingerprint density at radius 3 is 2.54 bits per heavy atom. The second kappa shape index (κ2) is 11.3. The highest BCUT2D eigenvalue weighted by atomic mass is 35.5. The van der Waals surface area contributed by atoms with Crippen molar-refractivity contribution in [2.45, 2.75) is 45.4 Å². The minimum Gasteiger partial charge on any atom is -0.456 e. The zero-order valence-electron chi connectivity index (χ0n) is 21.4. The van der Waals surface area contributed by atoms with Crippen molar-refractivity contribution in [3.05, 3.63) is 53.3 Å². The summed E-state index contributed by atoms with van der Waals surface area (Å²) < 4.78 is 20.7. The van der Waals surface area contributed by atoms with Gasteiger partial charge in [0.1, 0.15) is 36.4 Å². The van der Waals surface area contributed by atoms with Crippen molar-refractivity contribution in [1.29, 1.82) is 0 Å². The Morgan fingerprint density at radius 2 is 1.77 bits per heavy atom. The Balaban J connectivity index is 1.72. The molecule has 2 heterocycles. The lowest BCUT2D eigenvalue weighted by molar-refractivity contribution is 0.0707. The summed E-state index contributed by atoms with van der Waals surface area (Å²) in [6.07, 6.45) is 0.968. The van der Waals surface area contributed by atoms with Crippen molar-refractivity contribution in [3.8, 4) is 34.0 Å². The van der Waals surface area contributed by atoms with Gasteiger partial charge in [-0.3, -0.25) is 0 Å². The smallest absolute Gasteiger partial charge is 0.137 e. The van der Waals surface area contributed by atoms with Crippen molar-refractivity contribution in [2.75, 3.05) is 33.9 Å². The summed E-state index contributed by atoms with van der Waals surface area (Å²) in [5.41, 5.74) is 3.67. The number of hydrogen-bond donors (Lipinski definition) is 0. The van der Waals surface area contributed by atoms with E-state index in [4.69, 9.17) is 30.8 Å². The summed E-state index contributed by atoms with van der Waals surface area (Å²) in [6.45, 7) is 10.3. The predicted octanol–water partition coefficient (Wildman–Crippen LogP) is 6.76. The third-order valence-corrected chi connectivity index (χ3v) is 7.89. The van der Waals surface area contributed by atoms with Crippen LogP contribution in [0.2, 0.25) is 30.7 Å². The molecular formula is C27H36ClN3O3Si. The van der Waals surface area contributed by atoms with E-state index in [9.17, 15) is 0 Å². The van der Waals surface area contributed by atoms with E-state index in [1.165, 1.54) is 0 Å². The number of imidazole rings is 1. The first-order valence-corrected chi connectivity index (χ1v) is 16.3. The predicted molar refractivity (Wildman–Crippen MR) is 145 cm³/mol. The average molecular weight is 514 g/mol. The summed E-state index contributed by atoms with van der Waals surface area (Å²) in [6, 6.07) is 14.9. The first-order valence-electron chi connectivity index (χ1n) is 12.2. The molecule has 0 spiro atoms. The quantitative estimate of drug-likeness (QED) is 0.164. The van der Waals surface area contributed by atoms with Crippen LogP contribution in [0.25, 0.3) is 22.5 Å². The average Bonchev–Trinajstić information content (AvgIpc) is 3.08. The maximum absolute atomic E-state index is 6.40. The lowest BCUT2D eigenvalue weighted by Crippen LogP contribution is -2.22. The number of fused-ring (bicyclic) bond motifs is 5. The van der Waals surface area contributed by atoms with Gasteiger partial charge in [0.2, 0.25) is 0 Å². The molecule has 0 saturated heterocycles. The largest absolute Gasteiger partial charge is 0.456 e. The Kier molecular flexibility index (Phi) is 8.34. The van der Waals surface area contributed by atoms with Crippen LogP contribution in [-0.4, -0.2) is 56.4 Å². The van der Waals surface area contributed by atoms with Crippen LogP contribution in [0, 0.1) is 0 Å². The van der Waals surface area contributed by atoms with Crippen molar-refractivity contribution in [3.63, 3.8) is 0 Å². The van der Waals surface area contributed by atoms with Crippen LogP contribution in [0.15, 0.2) is 42.5 Å². The lowest BCUT2D eigenvalue weighted by Gasteiger charge is -2.18. The van der Waals surface area contributed by atoms with E-state index >= 15 is 0 Å². The monoisotopic (exact) mass is 513 g/mol. The Labute approximate surface area is 214 Å². The van der Waals surface area contributed by atoms with Gasteiger partial charge in [0.15, 0.2) is 0 Å². The number of benzene rings is 2. The van der Waals surface area contributed by atoms with E-state index in [-0.39, 0.29) is 0 Å². The second-order valence-corrected chi connectivity index (χ2v) is 16.5. The summed E-state index contributed by atoms with van der Waals surface area (Å²) >= 11 is 6.40. The van der Waals surface area contributed by atoms with E-state index < -0.39 is 8.07 Å². The summed E-state index contributed by atoms with van der Waals surface area (Å²) in [4.78, 5) is 7.23. The van der Waals surface area contributed by atoms with Crippen LogP contribution < -0.4 is 4.74 Å². The molecule has 1 aliphatic rings. The third kappa shape index (κ3) is 6.54. The second-order valence-electron chi connectivity index (χ2n) is 10.4. The molecule has 0 unspecified atom stereocenters. The fourth-order valence-electron chi connectivity index (χ4n) is 4.04. The molecular weight excluding hydrogens is 478 g/mol. The highest BCUT2D eigenvalue weighted by molar-refractivity contribution is 6.76. The Hall–Kier alpha value is -2.16. The van der Waals surface area contributed by atoms with Gasteiger partial charge in [-0.2, -0.15) is 0 Å². The van der Waals surface area contributed by atoms with Crippen molar-refractivity contribution < 1.29 is 14.2 Å². The van der Waals surface area contributed by atoms with E-state index in [1.54, 1.807) is 0 Å². The molecule has 1 aromatic heterocycles. The van der Waals surface area contributed by atoms with Gasteiger partial charge in [-0.15, -0.1) is 0 Å². The fourth-order valence-corrected chi connectivity index (χ4v) is 4.96. The minimum absolute atomic E-state index is 0.410. The van der Waals surface area contributed by atoms with E-state index in [2.05, 4.69) is 49.3 Å². The number of halogens is 1. The van der Waals surface area contributed by atoms with Gasteiger partial charge in [0.25, 0.3) is 0 Å². The molecule has 0 amide bonds. The molecule has 0 N–H and O–H groups in total. The summed E-state index contributed by atoms with van der Waals surface area (Å²) in [5.74, 6) is 2.37. The molecule has 0 saturated carbocycles. The summed E-state index contributed by atoms with van der Waals surface area (Å²) in [5, 5.41) is 0.645. The zero-order valence-corrected chi connectivity index (χ0v) is 23.2. The van der Waals surface area contributed by atoms with Gasteiger partial charge < -0.3 is 23.7 Å². The van der Waals surface area contributed by atoms with Crippen molar-refractivity contribution >= 4 is 19.7 Å². The molecule has 35 heavy (non-hydrogen) atoms. The maximum Gasteiger partial charge on any atom is 0.137 e. The fraction of sp³-hybridized carbons (Fsp3) is 0.444. The highest BCUT2D eigenvalue weighted by Gasteiger charge is 2.28. The zero-order chi connectivity index (χ0) is 25.0. The Bertz CT molecular complexity index is 1160. The number of para-hydroxylation sites is 1. The van der Waals surface area contributed by atoms with E-state index in [0.29, 0.717) is 25.0 Å². The van der Waals surface area contributed by atoms with Gasteiger partial charge in [0.05, 0.1) is 5.69 Å². The van der Waals surface area contributed by atoms with Crippen LogP contribution in [-0.2, 0) is 22.8 Å². The lowest BCUT2D eigenvalue weighted by atomic mass is 10.0. The molecule has 3 aromatic rings. The van der Waals surface area contributed by atoms with Gasteiger partial charge >= 0.3 is 0 Å². The molecule has 188 valence electrons. The van der Waals surface area contributed by atoms with E-state index in [0.717, 1.165) is 65.5 Å². The molecule has 0 radical (unpaired) electrons. The third-order valence-electron chi connectivity index (χ3n) is 5.95. The van der Waals surface area contributed by atoms with Crippen LogP contribution >= 0.6 is 11.6 Å².